The van der Waals surface area contributed by atoms with Gasteiger partial charge >= 0.3 is 0 Å². The number of ether oxygens (including phenoxy) is 1. The van der Waals surface area contributed by atoms with Crippen LogP contribution in [0.4, 0.5) is 0 Å². The van der Waals surface area contributed by atoms with Crippen molar-refractivity contribution in [2.24, 2.45) is 5.73 Å². The van der Waals surface area contributed by atoms with Crippen molar-refractivity contribution < 1.29 is 4.74 Å². The van der Waals surface area contributed by atoms with Crippen molar-refractivity contribution in [2.45, 2.75) is 51.4 Å². The van der Waals surface area contributed by atoms with Crippen molar-refractivity contribution in [3.63, 3.8) is 0 Å². The Labute approximate surface area is 111 Å². The van der Waals surface area contributed by atoms with E-state index in [1.54, 1.807) is 7.11 Å². The van der Waals surface area contributed by atoms with Crippen molar-refractivity contribution in [1.82, 2.24) is 0 Å². The standard InChI is InChI=1S/C16H25NO/c1-11(2)13-9-14(12(3)8-15(13)18-4)16(10-17)6-5-7-16/h8-9,11H,5-7,10,17H2,1-4H3. The number of methoxy groups -OCH3 is 1. The fraction of sp³-hybridized carbons (Fsp3) is 0.625. The Kier molecular flexibility index (Phi) is 3.67. The largest absolute Gasteiger partial charge is 0.496 e. The van der Waals surface area contributed by atoms with Crippen LogP contribution in [0.3, 0.4) is 0 Å². The minimum absolute atomic E-state index is 0.236. The van der Waals surface area contributed by atoms with E-state index in [2.05, 4.69) is 32.9 Å². The van der Waals surface area contributed by atoms with Gasteiger partial charge in [-0.25, -0.2) is 0 Å². The average Bonchev–Trinajstić information content (AvgIpc) is 2.29. The first-order valence-corrected chi connectivity index (χ1v) is 6.93. The van der Waals surface area contributed by atoms with Gasteiger partial charge in [-0.3, -0.25) is 0 Å². The summed E-state index contributed by atoms with van der Waals surface area (Å²) in [5.41, 5.74) is 10.3. The van der Waals surface area contributed by atoms with E-state index in [1.165, 1.54) is 36.0 Å². The lowest BCUT2D eigenvalue weighted by atomic mass is 9.63. The molecular weight excluding hydrogens is 222 g/mol. The van der Waals surface area contributed by atoms with E-state index in [1.807, 2.05) is 0 Å². The Bertz CT molecular complexity index is 427. The van der Waals surface area contributed by atoms with Crippen molar-refractivity contribution in [2.75, 3.05) is 13.7 Å². The molecule has 18 heavy (non-hydrogen) atoms. The molecule has 0 aliphatic heterocycles. The van der Waals surface area contributed by atoms with Crippen LogP contribution < -0.4 is 10.5 Å². The van der Waals surface area contributed by atoms with E-state index in [4.69, 9.17) is 10.5 Å². The van der Waals surface area contributed by atoms with Crippen molar-refractivity contribution in [3.05, 3.63) is 28.8 Å². The molecule has 0 saturated heterocycles. The van der Waals surface area contributed by atoms with Gasteiger partial charge in [0.05, 0.1) is 7.11 Å². The maximum absolute atomic E-state index is 6.04. The predicted octanol–water partition coefficient (Wildman–Crippen LogP) is 3.51. The highest BCUT2D eigenvalue weighted by molar-refractivity contribution is 5.47. The molecule has 0 spiro atoms. The van der Waals surface area contributed by atoms with Crippen LogP contribution in [0.2, 0.25) is 0 Å². The molecule has 0 aromatic heterocycles. The molecule has 1 fully saturated rings. The van der Waals surface area contributed by atoms with Crippen LogP contribution in [-0.4, -0.2) is 13.7 Å². The van der Waals surface area contributed by atoms with E-state index in [0.717, 1.165) is 12.3 Å². The number of benzene rings is 1. The summed E-state index contributed by atoms with van der Waals surface area (Å²) in [6.45, 7) is 7.37. The molecule has 0 atom stereocenters. The zero-order valence-corrected chi connectivity index (χ0v) is 12.0. The summed E-state index contributed by atoms with van der Waals surface area (Å²) in [6.07, 6.45) is 3.77. The highest BCUT2D eigenvalue weighted by Crippen LogP contribution is 2.46. The fourth-order valence-electron chi connectivity index (χ4n) is 3.08. The third-order valence-corrected chi connectivity index (χ3v) is 4.47. The van der Waals surface area contributed by atoms with Gasteiger partial charge in [-0.15, -0.1) is 0 Å². The predicted molar refractivity (Wildman–Crippen MR) is 76.4 cm³/mol. The molecular formula is C16H25NO. The van der Waals surface area contributed by atoms with Crippen molar-refractivity contribution in [3.8, 4) is 5.75 Å². The van der Waals surface area contributed by atoms with Crippen LogP contribution in [0.25, 0.3) is 0 Å². The highest BCUT2D eigenvalue weighted by Gasteiger charge is 2.38. The second-order valence-electron chi connectivity index (χ2n) is 5.90. The summed E-state index contributed by atoms with van der Waals surface area (Å²) < 4.78 is 5.51. The van der Waals surface area contributed by atoms with Crippen LogP contribution in [0.1, 0.15) is 55.7 Å². The Morgan fingerprint density at radius 3 is 2.39 bits per heavy atom. The first-order valence-electron chi connectivity index (χ1n) is 6.93. The molecule has 0 unspecified atom stereocenters. The lowest BCUT2D eigenvalue weighted by Crippen LogP contribution is -2.42. The molecule has 0 amide bonds. The molecule has 1 aromatic rings. The number of aryl methyl sites for hydroxylation is 1. The lowest BCUT2D eigenvalue weighted by molar-refractivity contribution is 0.251. The maximum Gasteiger partial charge on any atom is 0.122 e. The Hall–Kier alpha value is -1.02. The Morgan fingerprint density at radius 1 is 1.33 bits per heavy atom. The van der Waals surface area contributed by atoms with Gasteiger partial charge < -0.3 is 10.5 Å². The molecule has 1 aliphatic rings. The fourth-order valence-corrected chi connectivity index (χ4v) is 3.08. The third-order valence-electron chi connectivity index (χ3n) is 4.47. The molecule has 1 aliphatic carbocycles. The zero-order valence-electron chi connectivity index (χ0n) is 12.0. The summed E-state index contributed by atoms with van der Waals surface area (Å²) in [6, 6.07) is 4.52. The highest BCUT2D eigenvalue weighted by atomic mass is 16.5. The van der Waals surface area contributed by atoms with Gasteiger partial charge in [-0.05, 0) is 48.4 Å². The van der Waals surface area contributed by atoms with Crippen LogP contribution in [0.5, 0.6) is 5.75 Å². The van der Waals surface area contributed by atoms with Gasteiger partial charge in [0, 0.05) is 12.0 Å². The quantitative estimate of drug-likeness (QED) is 0.883. The van der Waals surface area contributed by atoms with Gasteiger partial charge in [0.2, 0.25) is 0 Å². The van der Waals surface area contributed by atoms with Crippen LogP contribution in [0, 0.1) is 6.92 Å². The third kappa shape index (κ3) is 2.03. The van der Waals surface area contributed by atoms with E-state index >= 15 is 0 Å². The number of hydrogen-bond acceptors (Lipinski definition) is 2. The van der Waals surface area contributed by atoms with Gasteiger partial charge in [-0.2, -0.15) is 0 Å². The smallest absolute Gasteiger partial charge is 0.122 e. The SMILES string of the molecule is COc1cc(C)c(C2(CN)CCC2)cc1C(C)C. The monoisotopic (exact) mass is 247 g/mol. The topological polar surface area (TPSA) is 35.2 Å². The van der Waals surface area contributed by atoms with Crippen LogP contribution >= 0.6 is 0 Å². The van der Waals surface area contributed by atoms with E-state index in [9.17, 15) is 0 Å². The molecule has 100 valence electrons. The second kappa shape index (κ2) is 4.93. The number of rotatable bonds is 4. The van der Waals surface area contributed by atoms with Crippen LogP contribution in [0.15, 0.2) is 12.1 Å². The first kappa shape index (κ1) is 13.4. The molecule has 2 nitrogen and oxygen atoms in total. The van der Waals surface area contributed by atoms with Gasteiger partial charge in [0.1, 0.15) is 5.75 Å². The molecule has 0 heterocycles. The Balaban J connectivity index is 2.51. The van der Waals surface area contributed by atoms with E-state index < -0.39 is 0 Å². The number of hydrogen-bond donors (Lipinski definition) is 1. The van der Waals surface area contributed by atoms with E-state index in [0.29, 0.717) is 5.92 Å². The zero-order chi connectivity index (χ0) is 13.3. The molecule has 2 N–H and O–H groups in total. The maximum atomic E-state index is 6.04. The summed E-state index contributed by atoms with van der Waals surface area (Å²) in [5, 5.41) is 0. The Morgan fingerprint density at radius 2 is 2.00 bits per heavy atom. The summed E-state index contributed by atoms with van der Waals surface area (Å²) in [4.78, 5) is 0. The molecule has 1 aromatic carbocycles. The van der Waals surface area contributed by atoms with Gasteiger partial charge in [0.25, 0.3) is 0 Å². The molecule has 2 heteroatoms. The second-order valence-corrected chi connectivity index (χ2v) is 5.90. The van der Waals surface area contributed by atoms with Crippen molar-refractivity contribution in [1.29, 1.82) is 0 Å². The van der Waals surface area contributed by atoms with Crippen molar-refractivity contribution >= 4 is 0 Å². The first-order chi connectivity index (χ1) is 8.54. The molecule has 0 bridgehead atoms. The summed E-state index contributed by atoms with van der Waals surface area (Å²) in [5.74, 6) is 1.49. The minimum Gasteiger partial charge on any atom is -0.496 e. The number of nitrogens with two attached hydrogens (primary N) is 1. The normalized spacial score (nSPS) is 17.7. The van der Waals surface area contributed by atoms with E-state index in [-0.39, 0.29) is 5.41 Å². The lowest BCUT2D eigenvalue weighted by Gasteiger charge is -2.43. The van der Waals surface area contributed by atoms with Gasteiger partial charge in [0.15, 0.2) is 0 Å². The van der Waals surface area contributed by atoms with Gasteiger partial charge in [-0.1, -0.05) is 26.3 Å². The molecule has 2 rings (SSSR count). The summed E-state index contributed by atoms with van der Waals surface area (Å²) in [7, 11) is 1.75. The van der Waals surface area contributed by atoms with Crippen LogP contribution in [-0.2, 0) is 5.41 Å². The summed E-state index contributed by atoms with van der Waals surface area (Å²) >= 11 is 0. The molecule has 1 saturated carbocycles. The minimum atomic E-state index is 0.236. The molecule has 0 radical (unpaired) electrons. The average molecular weight is 247 g/mol.